The minimum atomic E-state index is -0.693. The molecule has 0 spiro atoms. The van der Waals surface area contributed by atoms with E-state index in [-0.39, 0.29) is 15.6 Å². The number of H-pyrrole nitrogens is 1. The van der Waals surface area contributed by atoms with Crippen molar-refractivity contribution in [3.63, 3.8) is 0 Å². The number of aromatic nitrogens is 2. The summed E-state index contributed by atoms with van der Waals surface area (Å²) in [6.45, 7) is 1.63. The van der Waals surface area contributed by atoms with Gasteiger partial charge < -0.3 is 0 Å². The number of para-hydroxylation sites is 1. The average Bonchev–Trinajstić information content (AvgIpc) is 3.20. The Balaban J connectivity index is 1.72. The summed E-state index contributed by atoms with van der Waals surface area (Å²) in [5, 5.41) is 9.64. The zero-order valence-corrected chi connectivity index (χ0v) is 19.9. The summed E-state index contributed by atoms with van der Waals surface area (Å²) < 4.78 is 25.7. The van der Waals surface area contributed by atoms with Crippen molar-refractivity contribution >= 4 is 23.0 Å². The Morgan fingerprint density at radius 2 is 2.18 bits per heavy atom. The maximum absolute atomic E-state index is 14.4. The number of anilines is 3. The van der Waals surface area contributed by atoms with E-state index in [1.807, 2.05) is 18.2 Å². The average molecular weight is 562 g/mol. The number of alkyl halides is 1. The number of nitrogens with zero attached hydrogens (tertiary/aromatic N) is 1. The monoisotopic (exact) mass is 562 g/mol. The SMILES string of the molecule is COc1c(F)cccc1Nc1c2[nH]c3c1C(=O)NC[C@@H]3[I-]OC/C=C\CNc1cnccc1-2. The summed E-state index contributed by atoms with van der Waals surface area (Å²) in [4.78, 5) is 20.8. The number of hydrogen-bond acceptors (Lipinski definition) is 6. The molecule has 2 aromatic heterocycles. The normalized spacial score (nSPS) is 18.7. The molecule has 8 nitrogen and oxygen atoms in total. The molecule has 0 aliphatic carbocycles. The number of carbonyl (C=O) groups is 1. The predicted molar refractivity (Wildman–Crippen MR) is 119 cm³/mol. The van der Waals surface area contributed by atoms with Gasteiger partial charge in [-0.05, 0) is 0 Å². The van der Waals surface area contributed by atoms with Gasteiger partial charge in [0.25, 0.3) is 0 Å². The molecule has 4 heterocycles. The number of aromatic amines is 1. The van der Waals surface area contributed by atoms with Crippen molar-refractivity contribution in [2.24, 2.45) is 0 Å². The van der Waals surface area contributed by atoms with Crippen LogP contribution in [0.25, 0.3) is 11.3 Å². The number of rotatable bonds is 3. The molecule has 1 aromatic carbocycles. The predicted octanol–water partition coefficient (Wildman–Crippen LogP) is 0.755. The van der Waals surface area contributed by atoms with Gasteiger partial charge in [0, 0.05) is 0 Å². The van der Waals surface area contributed by atoms with Crippen molar-refractivity contribution in [1.82, 2.24) is 15.3 Å². The number of hydrogen-bond donors (Lipinski definition) is 4. The number of pyridine rings is 1. The standard InChI is InChI=1S/C23H22FIN5O3/c1-32-22-14(24)5-4-6-16(22)29-21-18-20-15(11-28-23(18)31)25-33-10-3-2-8-27-17-12-26-9-7-13(17)19(21)30-20/h2-7,9,12,15,27,29-30H,8,10-11H2,1H3,(H,28,31)/q-1/b3-2-/t15-/m0/s1. The van der Waals surface area contributed by atoms with Gasteiger partial charge in [-0.3, -0.25) is 0 Å². The van der Waals surface area contributed by atoms with E-state index in [1.54, 1.807) is 24.5 Å². The molecule has 3 aromatic rings. The van der Waals surface area contributed by atoms with Crippen molar-refractivity contribution < 1.29 is 38.6 Å². The Morgan fingerprint density at radius 3 is 3.06 bits per heavy atom. The van der Waals surface area contributed by atoms with Gasteiger partial charge in [-0.2, -0.15) is 0 Å². The first-order chi connectivity index (χ1) is 16.2. The van der Waals surface area contributed by atoms with Gasteiger partial charge in [-0.25, -0.2) is 0 Å². The summed E-state index contributed by atoms with van der Waals surface area (Å²) in [5.74, 6) is -0.606. The summed E-state index contributed by atoms with van der Waals surface area (Å²) in [7, 11) is 1.42. The van der Waals surface area contributed by atoms with Crippen molar-refractivity contribution in [3.05, 3.63) is 65.9 Å². The second kappa shape index (κ2) is 9.40. The molecule has 1 amide bonds. The molecule has 1 atom stereocenters. The van der Waals surface area contributed by atoms with E-state index in [4.69, 9.17) is 7.80 Å². The van der Waals surface area contributed by atoms with Crippen LogP contribution in [0.3, 0.4) is 0 Å². The fourth-order valence-electron chi connectivity index (χ4n) is 3.94. The molecule has 2 bridgehead atoms. The van der Waals surface area contributed by atoms with Gasteiger partial charge in [-0.15, -0.1) is 0 Å². The molecule has 2 aliphatic heterocycles. The number of ether oxygens (including phenoxy) is 1. The molecule has 172 valence electrons. The van der Waals surface area contributed by atoms with Gasteiger partial charge >= 0.3 is 201 Å². The van der Waals surface area contributed by atoms with Crippen molar-refractivity contribution in [1.29, 1.82) is 0 Å². The van der Waals surface area contributed by atoms with Gasteiger partial charge in [0.1, 0.15) is 0 Å². The van der Waals surface area contributed by atoms with E-state index in [1.165, 1.54) is 13.2 Å². The van der Waals surface area contributed by atoms with Crippen LogP contribution in [-0.4, -0.2) is 42.7 Å². The van der Waals surface area contributed by atoms with Crippen LogP contribution in [0.4, 0.5) is 21.5 Å². The number of benzene rings is 1. The van der Waals surface area contributed by atoms with E-state index in [0.29, 0.717) is 42.3 Å². The fourth-order valence-corrected chi connectivity index (χ4v) is 5.91. The van der Waals surface area contributed by atoms with Crippen molar-refractivity contribution in [2.45, 2.75) is 3.92 Å². The van der Waals surface area contributed by atoms with Crippen LogP contribution in [0, 0.1) is 5.82 Å². The fraction of sp³-hybridized carbons (Fsp3) is 0.217. The van der Waals surface area contributed by atoms with Crippen molar-refractivity contribution in [3.8, 4) is 17.0 Å². The molecule has 33 heavy (non-hydrogen) atoms. The number of fused-ring (bicyclic) bond motifs is 3. The molecule has 10 heteroatoms. The van der Waals surface area contributed by atoms with E-state index in [9.17, 15) is 9.18 Å². The first kappa shape index (κ1) is 21.7. The van der Waals surface area contributed by atoms with Crippen LogP contribution >= 0.6 is 0 Å². The summed E-state index contributed by atoms with van der Waals surface area (Å²) >= 11 is -0.693. The third kappa shape index (κ3) is 4.15. The van der Waals surface area contributed by atoms with Crippen LogP contribution in [0.2, 0.25) is 0 Å². The molecule has 0 saturated carbocycles. The van der Waals surface area contributed by atoms with Gasteiger partial charge in [0.15, 0.2) is 0 Å². The zero-order valence-electron chi connectivity index (χ0n) is 17.7. The third-order valence-corrected chi connectivity index (χ3v) is 7.84. The number of halogens is 2. The van der Waals surface area contributed by atoms with E-state index >= 15 is 0 Å². The summed E-state index contributed by atoms with van der Waals surface area (Å²) in [6.07, 6.45) is 7.46. The second-order valence-corrected chi connectivity index (χ2v) is 10.1. The molecule has 5 rings (SSSR count). The van der Waals surface area contributed by atoms with Crippen LogP contribution in [0.15, 0.2) is 48.8 Å². The van der Waals surface area contributed by atoms with E-state index in [0.717, 1.165) is 16.9 Å². The van der Waals surface area contributed by atoms with Gasteiger partial charge in [0.05, 0.1) is 0 Å². The number of nitrogens with one attached hydrogen (secondary N) is 4. The number of amides is 1. The molecular formula is C23H22FIN5O3-. The first-order valence-electron chi connectivity index (χ1n) is 10.4. The number of methoxy groups -OCH3 is 1. The third-order valence-electron chi connectivity index (χ3n) is 5.44. The molecule has 0 saturated heterocycles. The van der Waals surface area contributed by atoms with Crippen molar-refractivity contribution in [2.75, 3.05) is 37.4 Å². The molecule has 0 unspecified atom stereocenters. The second-order valence-electron chi connectivity index (χ2n) is 7.43. The Morgan fingerprint density at radius 1 is 1.27 bits per heavy atom. The Kier molecular flexibility index (Phi) is 6.18. The van der Waals surface area contributed by atoms with Crippen LogP contribution in [-0.2, 0) is 3.07 Å². The topological polar surface area (TPSA) is 100 Å². The Hall–Kier alpha value is -3.12. The summed E-state index contributed by atoms with van der Waals surface area (Å²) in [6, 6.07) is 6.53. The first-order valence-corrected chi connectivity index (χ1v) is 12.5. The van der Waals surface area contributed by atoms with Crippen LogP contribution in [0.5, 0.6) is 5.75 Å². The van der Waals surface area contributed by atoms with E-state index < -0.39 is 27.4 Å². The number of carbonyl (C=O) groups excluding carboxylic acids is 1. The van der Waals surface area contributed by atoms with Gasteiger partial charge in [-0.1, -0.05) is 0 Å². The van der Waals surface area contributed by atoms with Crippen LogP contribution in [0.1, 0.15) is 20.0 Å². The van der Waals surface area contributed by atoms with Crippen LogP contribution < -0.4 is 42.3 Å². The quantitative estimate of drug-likeness (QED) is 0.214. The minimum absolute atomic E-state index is 0.0487. The summed E-state index contributed by atoms with van der Waals surface area (Å²) in [5.41, 5.74) is 4.68. The maximum atomic E-state index is 14.4. The zero-order chi connectivity index (χ0) is 22.8. The Labute approximate surface area is 200 Å². The molecule has 0 fully saturated rings. The molecule has 4 N–H and O–H groups in total. The molecular weight excluding hydrogens is 540 g/mol. The molecule has 0 radical (unpaired) electrons. The Bertz CT molecular complexity index is 1230. The van der Waals surface area contributed by atoms with E-state index in [2.05, 4.69) is 25.9 Å². The molecule has 2 aliphatic rings. The van der Waals surface area contributed by atoms with Gasteiger partial charge in [0.2, 0.25) is 0 Å².